The van der Waals surface area contributed by atoms with Crippen LogP contribution in [-0.4, -0.2) is 23.0 Å². The molecule has 0 amide bonds. The SMILES string of the molecule is CNCCc1nc(Br)c2c(Cl)cccn12. The summed E-state index contributed by atoms with van der Waals surface area (Å²) in [7, 11) is 1.93. The Bertz CT molecular complexity index is 481. The molecule has 0 atom stereocenters. The maximum absolute atomic E-state index is 6.10. The fourth-order valence-electron chi connectivity index (χ4n) is 1.53. The summed E-state index contributed by atoms with van der Waals surface area (Å²) < 4.78 is 2.82. The van der Waals surface area contributed by atoms with Crippen molar-refractivity contribution in [2.24, 2.45) is 0 Å². The number of rotatable bonds is 3. The molecule has 2 aromatic rings. The number of aromatic nitrogens is 2. The zero-order valence-electron chi connectivity index (χ0n) is 8.30. The summed E-state index contributed by atoms with van der Waals surface area (Å²) >= 11 is 9.53. The van der Waals surface area contributed by atoms with Crippen molar-refractivity contribution in [3.8, 4) is 0 Å². The summed E-state index contributed by atoms with van der Waals surface area (Å²) in [6, 6.07) is 3.79. The topological polar surface area (TPSA) is 29.3 Å². The van der Waals surface area contributed by atoms with E-state index < -0.39 is 0 Å². The predicted molar refractivity (Wildman–Crippen MR) is 65.5 cm³/mol. The van der Waals surface area contributed by atoms with E-state index in [2.05, 4.69) is 26.2 Å². The van der Waals surface area contributed by atoms with Crippen molar-refractivity contribution >= 4 is 33.0 Å². The number of likely N-dealkylation sites (N-methyl/N-ethyl adjacent to an activating group) is 1. The van der Waals surface area contributed by atoms with Crippen LogP contribution < -0.4 is 5.32 Å². The Kier molecular flexibility index (Phi) is 3.29. The van der Waals surface area contributed by atoms with Gasteiger partial charge in [-0.2, -0.15) is 0 Å². The number of imidazole rings is 1. The zero-order chi connectivity index (χ0) is 10.8. The summed E-state index contributed by atoms with van der Waals surface area (Å²) in [6.45, 7) is 0.901. The lowest BCUT2D eigenvalue weighted by Crippen LogP contribution is -2.12. The van der Waals surface area contributed by atoms with Crippen molar-refractivity contribution in [1.82, 2.24) is 14.7 Å². The van der Waals surface area contributed by atoms with Crippen molar-refractivity contribution in [2.45, 2.75) is 6.42 Å². The second kappa shape index (κ2) is 4.51. The summed E-state index contributed by atoms with van der Waals surface area (Å²) in [4.78, 5) is 4.44. The van der Waals surface area contributed by atoms with E-state index in [1.807, 2.05) is 29.8 Å². The number of nitrogens with one attached hydrogen (secondary N) is 1. The van der Waals surface area contributed by atoms with Gasteiger partial charge in [-0.15, -0.1) is 0 Å². The van der Waals surface area contributed by atoms with Crippen LogP contribution in [0.4, 0.5) is 0 Å². The van der Waals surface area contributed by atoms with Gasteiger partial charge >= 0.3 is 0 Å². The molecule has 0 unspecified atom stereocenters. The Morgan fingerprint density at radius 1 is 1.60 bits per heavy atom. The first-order valence-electron chi connectivity index (χ1n) is 4.69. The van der Waals surface area contributed by atoms with E-state index in [1.165, 1.54) is 0 Å². The summed E-state index contributed by atoms with van der Waals surface area (Å²) in [5, 5.41) is 3.82. The first-order valence-corrected chi connectivity index (χ1v) is 5.86. The standard InChI is InChI=1S/C10H11BrClN3/c1-13-5-4-8-14-10(11)9-7(12)3-2-6-15(8)9/h2-3,6,13H,4-5H2,1H3. The van der Waals surface area contributed by atoms with E-state index in [9.17, 15) is 0 Å². The Balaban J connectivity index is 2.53. The fraction of sp³-hybridized carbons (Fsp3) is 0.300. The second-order valence-electron chi connectivity index (χ2n) is 3.25. The van der Waals surface area contributed by atoms with Gasteiger partial charge in [0, 0.05) is 19.2 Å². The normalized spacial score (nSPS) is 11.1. The number of hydrogen-bond donors (Lipinski definition) is 1. The predicted octanol–water partition coefficient (Wildman–Crippen LogP) is 2.51. The molecule has 0 spiro atoms. The minimum Gasteiger partial charge on any atom is -0.319 e. The highest BCUT2D eigenvalue weighted by molar-refractivity contribution is 9.10. The van der Waals surface area contributed by atoms with Gasteiger partial charge in [0.15, 0.2) is 0 Å². The molecule has 0 bridgehead atoms. The van der Waals surface area contributed by atoms with E-state index >= 15 is 0 Å². The lowest BCUT2D eigenvalue weighted by atomic mass is 10.4. The average Bonchev–Trinajstić information content (AvgIpc) is 2.54. The number of pyridine rings is 1. The van der Waals surface area contributed by atoms with Crippen LogP contribution in [0.25, 0.3) is 5.52 Å². The van der Waals surface area contributed by atoms with Gasteiger partial charge in [-0.3, -0.25) is 0 Å². The van der Waals surface area contributed by atoms with Crippen LogP contribution in [0, 0.1) is 0 Å². The Morgan fingerprint density at radius 3 is 3.13 bits per heavy atom. The van der Waals surface area contributed by atoms with E-state index in [1.54, 1.807) is 0 Å². The molecule has 0 aliphatic heterocycles. The third kappa shape index (κ3) is 2.02. The van der Waals surface area contributed by atoms with Crippen LogP contribution in [0.5, 0.6) is 0 Å². The van der Waals surface area contributed by atoms with Crippen molar-refractivity contribution in [2.75, 3.05) is 13.6 Å². The van der Waals surface area contributed by atoms with Crippen LogP contribution >= 0.6 is 27.5 Å². The van der Waals surface area contributed by atoms with Crippen molar-refractivity contribution < 1.29 is 0 Å². The molecule has 5 heteroatoms. The molecule has 15 heavy (non-hydrogen) atoms. The smallest absolute Gasteiger partial charge is 0.133 e. The maximum atomic E-state index is 6.10. The molecule has 0 aliphatic carbocycles. The van der Waals surface area contributed by atoms with Crippen molar-refractivity contribution in [3.63, 3.8) is 0 Å². The number of hydrogen-bond acceptors (Lipinski definition) is 2. The monoisotopic (exact) mass is 287 g/mol. The quantitative estimate of drug-likeness (QED) is 0.940. The van der Waals surface area contributed by atoms with Crippen molar-refractivity contribution in [1.29, 1.82) is 0 Å². The highest BCUT2D eigenvalue weighted by atomic mass is 79.9. The van der Waals surface area contributed by atoms with Crippen LogP contribution in [0.1, 0.15) is 5.82 Å². The molecule has 2 rings (SSSR count). The van der Waals surface area contributed by atoms with Crippen LogP contribution in [-0.2, 0) is 6.42 Å². The Morgan fingerprint density at radius 2 is 2.40 bits per heavy atom. The van der Waals surface area contributed by atoms with Gasteiger partial charge in [-0.1, -0.05) is 11.6 Å². The van der Waals surface area contributed by atoms with Gasteiger partial charge in [0.25, 0.3) is 0 Å². The summed E-state index contributed by atoms with van der Waals surface area (Å²) in [5.41, 5.74) is 0.935. The lowest BCUT2D eigenvalue weighted by molar-refractivity contribution is 0.752. The zero-order valence-corrected chi connectivity index (χ0v) is 10.6. The van der Waals surface area contributed by atoms with Gasteiger partial charge in [0.2, 0.25) is 0 Å². The highest BCUT2D eigenvalue weighted by Crippen LogP contribution is 2.26. The highest BCUT2D eigenvalue weighted by Gasteiger charge is 2.10. The summed E-state index contributed by atoms with van der Waals surface area (Å²) in [5.74, 6) is 1.01. The molecule has 0 aromatic carbocycles. The molecule has 2 heterocycles. The average molecular weight is 289 g/mol. The Labute approximate surface area is 102 Å². The molecule has 0 aliphatic rings. The van der Waals surface area contributed by atoms with Gasteiger partial charge in [-0.25, -0.2) is 4.98 Å². The molecule has 0 saturated carbocycles. The first kappa shape index (κ1) is 10.9. The Hall–Kier alpha value is -0.580. The number of nitrogens with zero attached hydrogens (tertiary/aromatic N) is 2. The van der Waals surface area contributed by atoms with Crippen LogP contribution in [0.3, 0.4) is 0 Å². The minimum absolute atomic E-state index is 0.715. The second-order valence-corrected chi connectivity index (χ2v) is 4.41. The molecular formula is C10H11BrClN3. The molecule has 0 radical (unpaired) electrons. The van der Waals surface area contributed by atoms with E-state index in [-0.39, 0.29) is 0 Å². The molecular weight excluding hydrogens is 277 g/mol. The van der Waals surface area contributed by atoms with Gasteiger partial charge in [0.1, 0.15) is 10.4 Å². The van der Waals surface area contributed by atoms with E-state index in [0.717, 1.165) is 28.9 Å². The molecule has 0 fully saturated rings. The number of halogens is 2. The third-order valence-corrected chi connectivity index (χ3v) is 3.10. The third-order valence-electron chi connectivity index (χ3n) is 2.24. The van der Waals surface area contributed by atoms with Gasteiger partial charge in [0.05, 0.1) is 10.5 Å². The minimum atomic E-state index is 0.715. The summed E-state index contributed by atoms with van der Waals surface area (Å²) in [6.07, 6.45) is 2.85. The maximum Gasteiger partial charge on any atom is 0.133 e. The molecule has 80 valence electrons. The van der Waals surface area contributed by atoms with E-state index in [4.69, 9.17) is 11.6 Å². The molecule has 0 saturated heterocycles. The first-order chi connectivity index (χ1) is 7.24. The fourth-order valence-corrected chi connectivity index (χ4v) is 2.51. The largest absolute Gasteiger partial charge is 0.319 e. The van der Waals surface area contributed by atoms with Gasteiger partial charge < -0.3 is 9.72 Å². The van der Waals surface area contributed by atoms with Gasteiger partial charge in [-0.05, 0) is 35.1 Å². The number of fused-ring (bicyclic) bond motifs is 1. The van der Waals surface area contributed by atoms with Crippen molar-refractivity contribution in [3.05, 3.63) is 33.8 Å². The lowest BCUT2D eigenvalue weighted by Gasteiger charge is -2.01. The molecule has 3 nitrogen and oxygen atoms in total. The van der Waals surface area contributed by atoms with Crippen LogP contribution in [0.2, 0.25) is 5.02 Å². The molecule has 2 aromatic heterocycles. The van der Waals surface area contributed by atoms with Crippen LogP contribution in [0.15, 0.2) is 22.9 Å². The van der Waals surface area contributed by atoms with E-state index in [0.29, 0.717) is 5.02 Å². The molecule has 1 N–H and O–H groups in total.